The van der Waals surface area contributed by atoms with E-state index in [0.717, 1.165) is 4.47 Å². The van der Waals surface area contributed by atoms with Gasteiger partial charge in [-0.3, -0.25) is 14.6 Å². The van der Waals surface area contributed by atoms with Crippen molar-refractivity contribution < 1.29 is 9.59 Å². The van der Waals surface area contributed by atoms with Gasteiger partial charge in [-0.05, 0) is 35.8 Å². The molecule has 1 N–H and O–H groups in total. The van der Waals surface area contributed by atoms with E-state index in [1.54, 1.807) is 17.2 Å². The SMILES string of the molecule is CCN(CC)C(=O)CNC(=O)c1cncc(Br)c1. The summed E-state index contributed by atoms with van der Waals surface area (Å²) in [6, 6.07) is 1.66. The first-order valence-corrected chi connectivity index (χ1v) is 6.54. The molecule has 0 aliphatic heterocycles. The van der Waals surface area contributed by atoms with Crippen LogP contribution in [0.15, 0.2) is 22.9 Å². The number of nitrogens with one attached hydrogen (secondary N) is 1. The van der Waals surface area contributed by atoms with Gasteiger partial charge >= 0.3 is 0 Å². The predicted octanol–water partition coefficient (Wildman–Crippen LogP) is 1.44. The maximum absolute atomic E-state index is 11.8. The Kier molecular flexibility index (Phi) is 5.77. The van der Waals surface area contributed by atoms with Gasteiger partial charge in [0.05, 0.1) is 12.1 Å². The summed E-state index contributed by atoms with van der Waals surface area (Å²) >= 11 is 3.24. The van der Waals surface area contributed by atoms with Crippen molar-refractivity contribution >= 4 is 27.7 Å². The Bertz CT molecular complexity index is 433. The maximum atomic E-state index is 11.8. The summed E-state index contributed by atoms with van der Waals surface area (Å²) < 4.78 is 0.727. The van der Waals surface area contributed by atoms with Gasteiger partial charge in [0.15, 0.2) is 0 Å². The molecule has 0 aromatic carbocycles. The molecular weight excluding hydrogens is 298 g/mol. The van der Waals surface area contributed by atoms with E-state index in [-0.39, 0.29) is 18.4 Å². The van der Waals surface area contributed by atoms with E-state index in [1.807, 2.05) is 13.8 Å². The van der Waals surface area contributed by atoms with Gasteiger partial charge in [-0.2, -0.15) is 0 Å². The molecule has 1 aromatic heterocycles. The first-order valence-electron chi connectivity index (χ1n) is 5.75. The van der Waals surface area contributed by atoms with Crippen molar-refractivity contribution in [3.05, 3.63) is 28.5 Å². The third kappa shape index (κ3) is 4.10. The largest absolute Gasteiger partial charge is 0.343 e. The van der Waals surface area contributed by atoms with Crippen LogP contribution < -0.4 is 5.32 Å². The van der Waals surface area contributed by atoms with Crippen LogP contribution in [0.3, 0.4) is 0 Å². The fourth-order valence-electron chi connectivity index (χ4n) is 1.48. The van der Waals surface area contributed by atoms with Crippen LogP contribution in [-0.4, -0.2) is 41.3 Å². The van der Waals surface area contributed by atoms with E-state index in [0.29, 0.717) is 18.7 Å². The van der Waals surface area contributed by atoms with Crippen LogP contribution in [0.4, 0.5) is 0 Å². The van der Waals surface area contributed by atoms with Gasteiger partial charge in [-0.25, -0.2) is 0 Å². The van der Waals surface area contributed by atoms with Crippen molar-refractivity contribution in [2.24, 2.45) is 0 Å². The van der Waals surface area contributed by atoms with Crippen molar-refractivity contribution in [3.8, 4) is 0 Å². The van der Waals surface area contributed by atoms with Gasteiger partial charge in [-0.1, -0.05) is 0 Å². The molecule has 0 fully saturated rings. The number of aromatic nitrogens is 1. The predicted molar refractivity (Wildman–Crippen MR) is 72.2 cm³/mol. The number of rotatable bonds is 5. The number of halogens is 1. The maximum Gasteiger partial charge on any atom is 0.253 e. The van der Waals surface area contributed by atoms with Crippen LogP contribution >= 0.6 is 15.9 Å². The first-order chi connectivity index (χ1) is 8.58. The molecule has 98 valence electrons. The average molecular weight is 314 g/mol. The number of hydrogen-bond donors (Lipinski definition) is 1. The molecule has 0 saturated heterocycles. The third-order valence-corrected chi connectivity index (χ3v) is 2.92. The minimum atomic E-state index is -0.302. The van der Waals surface area contributed by atoms with Crippen molar-refractivity contribution in [1.82, 2.24) is 15.2 Å². The lowest BCUT2D eigenvalue weighted by atomic mass is 10.2. The van der Waals surface area contributed by atoms with Crippen LogP contribution in [0, 0.1) is 0 Å². The summed E-state index contributed by atoms with van der Waals surface area (Å²) in [7, 11) is 0. The zero-order valence-corrected chi connectivity index (χ0v) is 12.0. The normalized spacial score (nSPS) is 9.94. The highest BCUT2D eigenvalue weighted by Gasteiger charge is 2.12. The number of nitrogens with zero attached hydrogens (tertiary/aromatic N) is 2. The fraction of sp³-hybridized carbons (Fsp3) is 0.417. The minimum Gasteiger partial charge on any atom is -0.343 e. The Morgan fingerprint density at radius 3 is 2.56 bits per heavy atom. The topological polar surface area (TPSA) is 62.3 Å². The zero-order valence-electron chi connectivity index (χ0n) is 10.4. The lowest BCUT2D eigenvalue weighted by molar-refractivity contribution is -0.129. The van der Waals surface area contributed by atoms with Crippen LogP contribution in [0.1, 0.15) is 24.2 Å². The standard InChI is InChI=1S/C12H16BrN3O2/c1-3-16(4-2)11(17)8-15-12(18)9-5-10(13)7-14-6-9/h5-7H,3-4,8H2,1-2H3,(H,15,18). The van der Waals surface area contributed by atoms with E-state index < -0.39 is 0 Å². The molecular formula is C12H16BrN3O2. The molecule has 6 heteroatoms. The van der Waals surface area contributed by atoms with Crippen molar-refractivity contribution in [2.75, 3.05) is 19.6 Å². The monoisotopic (exact) mass is 313 g/mol. The second-order valence-electron chi connectivity index (χ2n) is 3.64. The second-order valence-corrected chi connectivity index (χ2v) is 4.56. The summed E-state index contributed by atoms with van der Waals surface area (Å²) in [5, 5.41) is 2.58. The van der Waals surface area contributed by atoms with E-state index in [1.165, 1.54) is 6.20 Å². The van der Waals surface area contributed by atoms with Crippen LogP contribution in [0.25, 0.3) is 0 Å². The molecule has 18 heavy (non-hydrogen) atoms. The second kappa shape index (κ2) is 7.10. The van der Waals surface area contributed by atoms with E-state index in [2.05, 4.69) is 26.2 Å². The highest BCUT2D eigenvalue weighted by atomic mass is 79.9. The van der Waals surface area contributed by atoms with Crippen LogP contribution in [0.2, 0.25) is 0 Å². The van der Waals surface area contributed by atoms with Crippen molar-refractivity contribution in [3.63, 3.8) is 0 Å². The quantitative estimate of drug-likeness (QED) is 0.894. The molecule has 2 amide bonds. The molecule has 1 heterocycles. The van der Waals surface area contributed by atoms with Gasteiger partial charge in [0.25, 0.3) is 5.91 Å². The van der Waals surface area contributed by atoms with Crippen LogP contribution in [-0.2, 0) is 4.79 Å². The lowest BCUT2D eigenvalue weighted by Crippen LogP contribution is -2.40. The van der Waals surface area contributed by atoms with E-state index in [9.17, 15) is 9.59 Å². The van der Waals surface area contributed by atoms with Crippen molar-refractivity contribution in [1.29, 1.82) is 0 Å². The molecule has 0 radical (unpaired) electrons. The van der Waals surface area contributed by atoms with Gasteiger partial charge in [0, 0.05) is 30.0 Å². The number of amides is 2. The van der Waals surface area contributed by atoms with E-state index >= 15 is 0 Å². The molecule has 5 nitrogen and oxygen atoms in total. The summed E-state index contributed by atoms with van der Waals surface area (Å²) in [6.07, 6.45) is 3.06. The average Bonchev–Trinajstić information content (AvgIpc) is 2.37. The van der Waals surface area contributed by atoms with Gasteiger partial charge in [-0.15, -0.1) is 0 Å². The molecule has 0 unspecified atom stereocenters. The lowest BCUT2D eigenvalue weighted by Gasteiger charge is -2.18. The molecule has 0 atom stereocenters. The summed E-state index contributed by atoms with van der Waals surface area (Å²) in [5.74, 6) is -0.388. The number of carbonyl (C=O) groups is 2. The fourth-order valence-corrected chi connectivity index (χ4v) is 1.85. The molecule has 0 aliphatic carbocycles. The molecule has 0 bridgehead atoms. The molecule has 0 spiro atoms. The summed E-state index contributed by atoms with van der Waals surface area (Å²) in [4.78, 5) is 29.0. The van der Waals surface area contributed by atoms with Gasteiger partial charge in [0.1, 0.15) is 0 Å². The van der Waals surface area contributed by atoms with Crippen molar-refractivity contribution in [2.45, 2.75) is 13.8 Å². The number of carbonyl (C=O) groups excluding carboxylic acids is 2. The Balaban J connectivity index is 2.54. The molecule has 0 aliphatic rings. The Morgan fingerprint density at radius 1 is 1.33 bits per heavy atom. The Hall–Kier alpha value is -1.43. The van der Waals surface area contributed by atoms with Gasteiger partial charge in [0.2, 0.25) is 5.91 Å². The van der Waals surface area contributed by atoms with E-state index in [4.69, 9.17) is 0 Å². The number of pyridine rings is 1. The van der Waals surface area contributed by atoms with Crippen LogP contribution in [0.5, 0.6) is 0 Å². The number of likely N-dealkylation sites (N-methyl/N-ethyl adjacent to an activating group) is 1. The third-order valence-electron chi connectivity index (χ3n) is 2.48. The highest BCUT2D eigenvalue weighted by Crippen LogP contribution is 2.09. The Morgan fingerprint density at radius 2 is 2.00 bits per heavy atom. The molecule has 1 aromatic rings. The minimum absolute atomic E-state index is 0.00697. The smallest absolute Gasteiger partial charge is 0.253 e. The van der Waals surface area contributed by atoms with Gasteiger partial charge < -0.3 is 10.2 Å². The molecule has 0 saturated carbocycles. The molecule has 1 rings (SSSR count). The number of hydrogen-bond acceptors (Lipinski definition) is 3. The Labute approximate surface area is 115 Å². The first kappa shape index (κ1) is 14.6. The highest BCUT2D eigenvalue weighted by molar-refractivity contribution is 9.10. The zero-order chi connectivity index (χ0) is 13.5. The summed E-state index contributed by atoms with van der Waals surface area (Å²) in [6.45, 7) is 5.10. The summed E-state index contributed by atoms with van der Waals surface area (Å²) in [5.41, 5.74) is 0.428.